The SMILES string of the molecule is Cc1nc(Oc2c(N)cccc2Br)sc1C. The van der Waals surface area contributed by atoms with Crippen molar-refractivity contribution in [3.8, 4) is 10.9 Å². The number of rotatable bonds is 2. The van der Waals surface area contributed by atoms with Crippen LogP contribution >= 0.6 is 27.3 Å². The van der Waals surface area contributed by atoms with Crippen LogP contribution in [0.25, 0.3) is 0 Å². The van der Waals surface area contributed by atoms with Crippen LogP contribution in [0.4, 0.5) is 5.69 Å². The average molecular weight is 299 g/mol. The molecule has 0 fully saturated rings. The standard InChI is InChI=1S/C11H11BrN2OS/c1-6-7(2)16-11(14-6)15-10-8(12)4-3-5-9(10)13/h3-5H,13H2,1-2H3. The van der Waals surface area contributed by atoms with Gasteiger partial charge in [0.2, 0.25) is 0 Å². The van der Waals surface area contributed by atoms with Gasteiger partial charge in [0.1, 0.15) is 0 Å². The second-order valence-corrected chi connectivity index (χ2v) is 5.40. The molecule has 16 heavy (non-hydrogen) atoms. The molecule has 0 spiro atoms. The van der Waals surface area contributed by atoms with E-state index in [0.717, 1.165) is 15.0 Å². The molecule has 0 bridgehead atoms. The average Bonchev–Trinajstić information content (AvgIpc) is 2.53. The van der Waals surface area contributed by atoms with Gasteiger partial charge >= 0.3 is 0 Å². The second-order valence-electron chi connectivity index (χ2n) is 3.38. The number of benzene rings is 1. The van der Waals surface area contributed by atoms with E-state index >= 15 is 0 Å². The van der Waals surface area contributed by atoms with E-state index in [1.807, 2.05) is 26.0 Å². The first-order valence-electron chi connectivity index (χ1n) is 4.74. The van der Waals surface area contributed by atoms with Gasteiger partial charge in [-0.1, -0.05) is 17.4 Å². The number of nitrogens with two attached hydrogens (primary N) is 1. The second kappa shape index (κ2) is 4.43. The molecule has 2 N–H and O–H groups in total. The van der Waals surface area contributed by atoms with E-state index in [4.69, 9.17) is 10.5 Å². The summed E-state index contributed by atoms with van der Waals surface area (Å²) in [4.78, 5) is 5.46. The summed E-state index contributed by atoms with van der Waals surface area (Å²) in [5.74, 6) is 0.622. The first-order valence-corrected chi connectivity index (χ1v) is 6.34. The van der Waals surface area contributed by atoms with Gasteiger partial charge in [0.05, 0.1) is 15.9 Å². The van der Waals surface area contributed by atoms with E-state index in [1.165, 1.54) is 11.3 Å². The van der Waals surface area contributed by atoms with Crippen LogP contribution in [0, 0.1) is 13.8 Å². The molecule has 0 aliphatic heterocycles. The first kappa shape index (κ1) is 11.4. The normalized spacial score (nSPS) is 10.4. The summed E-state index contributed by atoms with van der Waals surface area (Å²) in [6.45, 7) is 3.98. The fourth-order valence-corrected chi connectivity index (χ4v) is 2.43. The lowest BCUT2D eigenvalue weighted by molar-refractivity contribution is 0.477. The monoisotopic (exact) mass is 298 g/mol. The molecule has 0 unspecified atom stereocenters. The van der Waals surface area contributed by atoms with Crippen molar-refractivity contribution in [1.82, 2.24) is 4.98 Å². The Morgan fingerprint density at radius 3 is 2.69 bits per heavy atom. The number of aromatic nitrogens is 1. The summed E-state index contributed by atoms with van der Waals surface area (Å²) >= 11 is 4.92. The van der Waals surface area contributed by atoms with E-state index in [-0.39, 0.29) is 0 Å². The lowest BCUT2D eigenvalue weighted by Crippen LogP contribution is -1.92. The number of nitrogen functional groups attached to an aromatic ring is 1. The van der Waals surface area contributed by atoms with Crippen molar-refractivity contribution >= 4 is 33.0 Å². The number of nitrogens with zero attached hydrogens (tertiary/aromatic N) is 1. The predicted octanol–water partition coefficient (Wildman–Crippen LogP) is 3.90. The highest BCUT2D eigenvalue weighted by Gasteiger charge is 2.10. The number of anilines is 1. The summed E-state index contributed by atoms with van der Waals surface area (Å²) in [5.41, 5.74) is 7.42. The molecular formula is C11H11BrN2OS. The van der Waals surface area contributed by atoms with Crippen LogP contribution in [-0.4, -0.2) is 4.98 Å². The molecule has 84 valence electrons. The summed E-state index contributed by atoms with van der Waals surface area (Å²) in [5, 5.41) is 0.619. The zero-order valence-corrected chi connectivity index (χ0v) is 11.4. The summed E-state index contributed by atoms with van der Waals surface area (Å²) in [6, 6.07) is 5.55. The Labute approximate surface area is 106 Å². The van der Waals surface area contributed by atoms with Crippen LogP contribution in [0.2, 0.25) is 0 Å². The maximum Gasteiger partial charge on any atom is 0.279 e. The fraction of sp³-hybridized carbons (Fsp3) is 0.182. The molecule has 0 amide bonds. The molecule has 1 aromatic heterocycles. The number of hydrogen-bond donors (Lipinski definition) is 1. The van der Waals surface area contributed by atoms with Crippen molar-refractivity contribution in [3.63, 3.8) is 0 Å². The van der Waals surface area contributed by atoms with Gasteiger partial charge in [-0.25, -0.2) is 4.98 Å². The summed E-state index contributed by atoms with van der Waals surface area (Å²) in [7, 11) is 0. The molecule has 0 aliphatic rings. The van der Waals surface area contributed by atoms with E-state index in [1.54, 1.807) is 6.07 Å². The third-order valence-corrected chi connectivity index (χ3v) is 3.77. The molecule has 3 nitrogen and oxygen atoms in total. The van der Waals surface area contributed by atoms with E-state index in [0.29, 0.717) is 16.6 Å². The zero-order chi connectivity index (χ0) is 11.7. The van der Waals surface area contributed by atoms with Crippen LogP contribution in [-0.2, 0) is 0 Å². The smallest absolute Gasteiger partial charge is 0.279 e. The molecule has 0 radical (unpaired) electrons. The van der Waals surface area contributed by atoms with Gasteiger partial charge in [-0.05, 0) is 41.9 Å². The molecule has 0 aliphatic carbocycles. The van der Waals surface area contributed by atoms with Gasteiger partial charge < -0.3 is 10.5 Å². The fourth-order valence-electron chi connectivity index (χ4n) is 1.21. The minimum atomic E-state index is 0.597. The number of hydrogen-bond acceptors (Lipinski definition) is 4. The molecule has 0 saturated heterocycles. The summed E-state index contributed by atoms with van der Waals surface area (Å²) < 4.78 is 6.51. The number of thiazole rings is 1. The van der Waals surface area contributed by atoms with E-state index in [2.05, 4.69) is 20.9 Å². The number of ether oxygens (including phenoxy) is 1. The van der Waals surface area contributed by atoms with Gasteiger partial charge in [-0.3, -0.25) is 0 Å². The molecule has 0 saturated carbocycles. The Morgan fingerprint density at radius 2 is 2.12 bits per heavy atom. The Hall–Kier alpha value is -1.07. The quantitative estimate of drug-likeness (QED) is 0.856. The van der Waals surface area contributed by atoms with Crippen molar-refractivity contribution in [1.29, 1.82) is 0 Å². The maximum absolute atomic E-state index is 5.84. The van der Waals surface area contributed by atoms with Crippen molar-refractivity contribution in [3.05, 3.63) is 33.2 Å². The molecule has 5 heteroatoms. The topological polar surface area (TPSA) is 48.1 Å². The highest BCUT2D eigenvalue weighted by atomic mass is 79.9. The molecule has 2 rings (SSSR count). The third-order valence-electron chi connectivity index (χ3n) is 2.20. The third kappa shape index (κ3) is 2.20. The van der Waals surface area contributed by atoms with Crippen molar-refractivity contribution < 1.29 is 4.74 Å². The highest BCUT2D eigenvalue weighted by Crippen LogP contribution is 2.36. The van der Waals surface area contributed by atoms with Crippen LogP contribution in [0.3, 0.4) is 0 Å². The Balaban J connectivity index is 2.33. The Morgan fingerprint density at radius 1 is 1.38 bits per heavy atom. The van der Waals surface area contributed by atoms with Gasteiger partial charge in [-0.2, -0.15) is 0 Å². The molecular weight excluding hydrogens is 288 g/mol. The van der Waals surface area contributed by atoms with E-state index in [9.17, 15) is 0 Å². The van der Waals surface area contributed by atoms with Crippen molar-refractivity contribution in [2.45, 2.75) is 13.8 Å². The zero-order valence-electron chi connectivity index (χ0n) is 8.95. The van der Waals surface area contributed by atoms with Gasteiger partial charge in [0.15, 0.2) is 5.75 Å². The largest absolute Gasteiger partial charge is 0.427 e. The summed E-state index contributed by atoms with van der Waals surface area (Å²) in [6.07, 6.45) is 0. The number of halogens is 1. The van der Waals surface area contributed by atoms with E-state index < -0.39 is 0 Å². The molecule has 1 heterocycles. The van der Waals surface area contributed by atoms with Crippen LogP contribution in [0.15, 0.2) is 22.7 Å². The van der Waals surface area contributed by atoms with Crippen LogP contribution in [0.5, 0.6) is 10.9 Å². The lowest BCUT2D eigenvalue weighted by atomic mass is 10.3. The molecule has 0 atom stereocenters. The first-order chi connectivity index (χ1) is 7.58. The number of para-hydroxylation sites is 1. The Bertz CT molecular complexity index is 485. The van der Waals surface area contributed by atoms with Crippen LogP contribution < -0.4 is 10.5 Å². The highest BCUT2D eigenvalue weighted by molar-refractivity contribution is 9.10. The molecule has 2 aromatic rings. The lowest BCUT2D eigenvalue weighted by Gasteiger charge is -2.06. The van der Waals surface area contributed by atoms with Crippen LogP contribution in [0.1, 0.15) is 10.6 Å². The van der Waals surface area contributed by atoms with Crippen molar-refractivity contribution in [2.24, 2.45) is 0 Å². The van der Waals surface area contributed by atoms with Gasteiger partial charge in [0.25, 0.3) is 5.19 Å². The Kier molecular flexibility index (Phi) is 3.16. The minimum absolute atomic E-state index is 0.597. The maximum atomic E-state index is 5.84. The molecule has 1 aromatic carbocycles. The number of aryl methyl sites for hydroxylation is 2. The van der Waals surface area contributed by atoms with Gasteiger partial charge in [0, 0.05) is 4.88 Å². The van der Waals surface area contributed by atoms with Gasteiger partial charge in [-0.15, -0.1) is 0 Å². The predicted molar refractivity (Wildman–Crippen MR) is 70.2 cm³/mol. The van der Waals surface area contributed by atoms with Crippen molar-refractivity contribution in [2.75, 3.05) is 5.73 Å². The minimum Gasteiger partial charge on any atom is -0.427 e.